The van der Waals surface area contributed by atoms with E-state index in [4.69, 9.17) is 16.3 Å². The highest BCUT2D eigenvalue weighted by Crippen LogP contribution is 2.18. The molecule has 4 nitrogen and oxygen atoms in total. The SMILES string of the molecule is Cc1ccc(CN2CCN(C(=O)c3cccc(COc4ccc(Cl)cc4)c3)CC2)cc1. The molecule has 0 aromatic heterocycles. The molecule has 0 N–H and O–H groups in total. The number of carbonyl (C=O) groups excluding carboxylic acids is 1. The van der Waals surface area contributed by atoms with E-state index >= 15 is 0 Å². The van der Waals surface area contributed by atoms with E-state index in [1.54, 1.807) is 12.1 Å². The van der Waals surface area contributed by atoms with Crippen LogP contribution in [0.1, 0.15) is 27.0 Å². The molecule has 0 saturated carbocycles. The number of piperazine rings is 1. The van der Waals surface area contributed by atoms with Crippen molar-refractivity contribution in [3.8, 4) is 5.75 Å². The molecule has 3 aromatic carbocycles. The lowest BCUT2D eigenvalue weighted by Gasteiger charge is -2.35. The predicted octanol–water partition coefficient (Wildman–Crippen LogP) is 5.19. The minimum absolute atomic E-state index is 0.0864. The molecule has 0 unspecified atom stereocenters. The van der Waals surface area contributed by atoms with Crippen molar-refractivity contribution in [3.05, 3.63) is 100 Å². The molecule has 1 saturated heterocycles. The lowest BCUT2D eigenvalue weighted by molar-refractivity contribution is 0.0628. The van der Waals surface area contributed by atoms with Gasteiger partial charge in [0.25, 0.3) is 5.91 Å². The summed E-state index contributed by atoms with van der Waals surface area (Å²) in [5.74, 6) is 0.842. The van der Waals surface area contributed by atoms with Crippen molar-refractivity contribution in [2.45, 2.75) is 20.1 Å². The first kappa shape index (κ1) is 21.4. The molecular formula is C26H27ClN2O2. The summed E-state index contributed by atoms with van der Waals surface area (Å²) in [4.78, 5) is 17.4. The standard InChI is InChI=1S/C26H27ClN2O2/c1-20-5-7-21(8-6-20)18-28-13-15-29(16-14-28)26(30)23-4-2-3-22(17-23)19-31-25-11-9-24(27)10-12-25/h2-12,17H,13-16,18-19H2,1H3. The zero-order chi connectivity index (χ0) is 21.6. The highest BCUT2D eigenvalue weighted by atomic mass is 35.5. The number of halogens is 1. The number of nitrogens with zero attached hydrogens (tertiary/aromatic N) is 2. The van der Waals surface area contributed by atoms with E-state index in [0.717, 1.165) is 44.0 Å². The van der Waals surface area contributed by atoms with Gasteiger partial charge in [-0.1, -0.05) is 53.6 Å². The molecule has 3 aromatic rings. The molecule has 0 radical (unpaired) electrons. The van der Waals surface area contributed by atoms with E-state index in [0.29, 0.717) is 17.2 Å². The maximum Gasteiger partial charge on any atom is 0.253 e. The van der Waals surface area contributed by atoms with Crippen LogP contribution in [0.25, 0.3) is 0 Å². The van der Waals surface area contributed by atoms with Gasteiger partial charge in [-0.3, -0.25) is 9.69 Å². The Morgan fingerprint density at radius 3 is 2.32 bits per heavy atom. The van der Waals surface area contributed by atoms with Crippen LogP contribution < -0.4 is 4.74 Å². The van der Waals surface area contributed by atoms with Crippen molar-refractivity contribution in [2.75, 3.05) is 26.2 Å². The van der Waals surface area contributed by atoms with Crippen LogP contribution in [-0.4, -0.2) is 41.9 Å². The molecule has 1 fully saturated rings. The molecule has 4 rings (SSSR count). The number of carbonyl (C=O) groups is 1. The maximum absolute atomic E-state index is 13.0. The summed E-state index contributed by atoms with van der Waals surface area (Å²) in [6.45, 7) is 6.71. The molecule has 0 aliphatic carbocycles. The van der Waals surface area contributed by atoms with Crippen LogP contribution in [0.3, 0.4) is 0 Å². The molecule has 5 heteroatoms. The molecule has 1 heterocycles. The van der Waals surface area contributed by atoms with Crippen LogP contribution in [0.15, 0.2) is 72.8 Å². The molecule has 0 atom stereocenters. The summed E-state index contributed by atoms with van der Waals surface area (Å²) < 4.78 is 5.82. The summed E-state index contributed by atoms with van der Waals surface area (Å²) in [7, 11) is 0. The molecule has 1 aliphatic rings. The van der Waals surface area contributed by atoms with Crippen molar-refractivity contribution < 1.29 is 9.53 Å². The van der Waals surface area contributed by atoms with E-state index in [-0.39, 0.29) is 5.91 Å². The van der Waals surface area contributed by atoms with Crippen molar-refractivity contribution in [1.29, 1.82) is 0 Å². The van der Waals surface area contributed by atoms with Crippen molar-refractivity contribution in [1.82, 2.24) is 9.80 Å². The number of hydrogen-bond acceptors (Lipinski definition) is 3. The maximum atomic E-state index is 13.0. The van der Waals surface area contributed by atoms with Crippen LogP contribution in [0.5, 0.6) is 5.75 Å². The number of amides is 1. The topological polar surface area (TPSA) is 32.8 Å². The Morgan fingerprint density at radius 2 is 1.61 bits per heavy atom. The van der Waals surface area contributed by atoms with Gasteiger partial charge >= 0.3 is 0 Å². The number of aryl methyl sites for hydroxylation is 1. The Labute approximate surface area is 189 Å². The first-order valence-corrected chi connectivity index (χ1v) is 11.0. The lowest BCUT2D eigenvalue weighted by Crippen LogP contribution is -2.48. The second-order valence-electron chi connectivity index (χ2n) is 8.00. The normalized spacial score (nSPS) is 14.5. The molecule has 1 aliphatic heterocycles. The van der Waals surface area contributed by atoms with E-state index in [1.165, 1.54) is 11.1 Å². The Kier molecular flexibility index (Phi) is 6.90. The van der Waals surface area contributed by atoms with Crippen LogP contribution in [0.4, 0.5) is 0 Å². The average molecular weight is 435 g/mol. The number of benzene rings is 3. The number of rotatable bonds is 6. The summed E-state index contributed by atoms with van der Waals surface area (Å²) >= 11 is 5.91. The minimum Gasteiger partial charge on any atom is -0.489 e. The minimum atomic E-state index is 0.0864. The fraction of sp³-hybridized carbons (Fsp3) is 0.269. The zero-order valence-corrected chi connectivity index (χ0v) is 18.5. The Hall–Kier alpha value is -2.82. The third-order valence-corrected chi connectivity index (χ3v) is 5.83. The molecule has 1 amide bonds. The van der Waals surface area contributed by atoms with Crippen LogP contribution >= 0.6 is 11.6 Å². The smallest absolute Gasteiger partial charge is 0.253 e. The lowest BCUT2D eigenvalue weighted by atomic mass is 10.1. The van der Waals surface area contributed by atoms with Crippen molar-refractivity contribution >= 4 is 17.5 Å². The van der Waals surface area contributed by atoms with Gasteiger partial charge in [-0.05, 0) is 54.4 Å². The Balaban J connectivity index is 1.30. The fourth-order valence-corrected chi connectivity index (χ4v) is 3.86. The van der Waals surface area contributed by atoms with Gasteiger partial charge in [-0.2, -0.15) is 0 Å². The van der Waals surface area contributed by atoms with E-state index < -0.39 is 0 Å². The Bertz CT molecular complexity index is 1010. The molecule has 0 spiro atoms. The third kappa shape index (κ3) is 5.87. The average Bonchev–Trinajstić information content (AvgIpc) is 2.80. The number of hydrogen-bond donors (Lipinski definition) is 0. The highest BCUT2D eigenvalue weighted by Gasteiger charge is 2.22. The van der Waals surface area contributed by atoms with Gasteiger partial charge in [0.1, 0.15) is 12.4 Å². The molecule has 160 valence electrons. The zero-order valence-electron chi connectivity index (χ0n) is 17.8. The van der Waals surface area contributed by atoms with Gasteiger partial charge in [0.05, 0.1) is 0 Å². The van der Waals surface area contributed by atoms with Crippen molar-refractivity contribution in [3.63, 3.8) is 0 Å². The first-order chi connectivity index (χ1) is 15.1. The third-order valence-electron chi connectivity index (χ3n) is 5.58. The second kappa shape index (κ2) is 9.99. The van der Waals surface area contributed by atoms with Crippen LogP contribution in [0.2, 0.25) is 5.02 Å². The first-order valence-electron chi connectivity index (χ1n) is 10.6. The second-order valence-corrected chi connectivity index (χ2v) is 8.43. The van der Waals surface area contributed by atoms with E-state index in [1.807, 2.05) is 41.3 Å². The van der Waals surface area contributed by atoms with E-state index in [2.05, 4.69) is 36.1 Å². The largest absolute Gasteiger partial charge is 0.489 e. The van der Waals surface area contributed by atoms with Gasteiger partial charge in [0.15, 0.2) is 0 Å². The van der Waals surface area contributed by atoms with Gasteiger partial charge < -0.3 is 9.64 Å². The summed E-state index contributed by atoms with van der Waals surface area (Å²) in [6.07, 6.45) is 0. The number of ether oxygens (including phenoxy) is 1. The summed E-state index contributed by atoms with van der Waals surface area (Å²) in [5, 5.41) is 0.680. The molecular weight excluding hydrogens is 408 g/mol. The molecule has 31 heavy (non-hydrogen) atoms. The predicted molar refractivity (Wildman–Crippen MR) is 125 cm³/mol. The van der Waals surface area contributed by atoms with Gasteiger partial charge in [-0.25, -0.2) is 0 Å². The highest BCUT2D eigenvalue weighted by molar-refractivity contribution is 6.30. The fourth-order valence-electron chi connectivity index (χ4n) is 3.73. The van der Waals surface area contributed by atoms with E-state index in [9.17, 15) is 4.79 Å². The van der Waals surface area contributed by atoms with Gasteiger partial charge in [0, 0.05) is 43.3 Å². The monoisotopic (exact) mass is 434 g/mol. The van der Waals surface area contributed by atoms with Crippen molar-refractivity contribution in [2.24, 2.45) is 0 Å². The van der Waals surface area contributed by atoms with Gasteiger partial charge in [0.2, 0.25) is 0 Å². The van der Waals surface area contributed by atoms with Crippen LogP contribution in [-0.2, 0) is 13.2 Å². The molecule has 0 bridgehead atoms. The Morgan fingerprint density at radius 1 is 0.903 bits per heavy atom. The van der Waals surface area contributed by atoms with Gasteiger partial charge in [-0.15, -0.1) is 0 Å². The summed E-state index contributed by atoms with van der Waals surface area (Å²) in [5.41, 5.74) is 4.28. The summed E-state index contributed by atoms with van der Waals surface area (Å²) in [6, 6.07) is 23.7. The quantitative estimate of drug-likeness (QED) is 0.535. The van der Waals surface area contributed by atoms with Crippen LogP contribution in [0, 0.1) is 6.92 Å².